The van der Waals surface area contributed by atoms with Crippen LogP contribution >= 0.6 is 0 Å². The van der Waals surface area contributed by atoms with Crippen molar-refractivity contribution in [1.82, 2.24) is 0 Å². The number of ether oxygens (including phenoxy) is 4. The van der Waals surface area contributed by atoms with Crippen LogP contribution in [0.5, 0.6) is 17.2 Å². The number of carbonyl (C=O) groups excluding carboxylic acids is 2. The first kappa shape index (κ1) is 28.6. The molecular formula is C29H32O9. The summed E-state index contributed by atoms with van der Waals surface area (Å²) in [5, 5.41) is 29.6. The molecule has 202 valence electrons. The number of allylic oxidation sites excluding steroid dienone is 3. The number of aromatic hydroxyl groups is 1. The summed E-state index contributed by atoms with van der Waals surface area (Å²) in [7, 11) is 1.42. The largest absolute Gasteiger partial charge is 0.508 e. The third-order valence-electron chi connectivity index (χ3n) is 5.81. The number of phenolic OH excluding ortho intramolecular Hbond substituents is 1. The minimum Gasteiger partial charge on any atom is -0.508 e. The van der Waals surface area contributed by atoms with Crippen LogP contribution in [0.3, 0.4) is 0 Å². The fourth-order valence-corrected chi connectivity index (χ4v) is 3.42. The Labute approximate surface area is 221 Å². The lowest BCUT2D eigenvalue weighted by atomic mass is 9.91. The molecule has 9 nitrogen and oxygen atoms in total. The van der Waals surface area contributed by atoms with Gasteiger partial charge in [-0.1, -0.05) is 24.3 Å². The third kappa shape index (κ3) is 7.55. The van der Waals surface area contributed by atoms with Crippen LogP contribution in [-0.2, 0) is 25.7 Å². The minimum atomic E-state index is -0.993. The van der Waals surface area contributed by atoms with Gasteiger partial charge in [0, 0.05) is 11.6 Å². The second-order valence-corrected chi connectivity index (χ2v) is 9.52. The summed E-state index contributed by atoms with van der Waals surface area (Å²) in [6, 6.07) is 9.42. The lowest BCUT2D eigenvalue weighted by molar-refractivity contribution is -0.279. The number of hydrogen-bond donors (Lipinski definition) is 3. The van der Waals surface area contributed by atoms with Crippen molar-refractivity contribution in [3.8, 4) is 17.2 Å². The van der Waals surface area contributed by atoms with Crippen molar-refractivity contribution in [3.05, 3.63) is 77.1 Å². The van der Waals surface area contributed by atoms with Gasteiger partial charge in [-0.2, -0.15) is 0 Å². The van der Waals surface area contributed by atoms with Crippen LogP contribution in [0, 0.1) is 5.41 Å². The van der Waals surface area contributed by atoms with E-state index >= 15 is 0 Å². The van der Waals surface area contributed by atoms with Crippen molar-refractivity contribution < 1.29 is 43.9 Å². The number of esters is 1. The maximum atomic E-state index is 12.8. The molecule has 3 rings (SSSR count). The monoisotopic (exact) mass is 524 g/mol. The van der Waals surface area contributed by atoms with Gasteiger partial charge in [-0.15, -0.1) is 0 Å². The zero-order chi connectivity index (χ0) is 27.9. The van der Waals surface area contributed by atoms with Crippen molar-refractivity contribution >= 4 is 23.9 Å². The van der Waals surface area contributed by atoms with E-state index in [0.717, 1.165) is 6.08 Å². The van der Waals surface area contributed by atoms with Gasteiger partial charge in [-0.25, -0.2) is 0 Å². The molecule has 0 atom stereocenters. The number of methoxy groups -OCH3 is 1. The molecule has 38 heavy (non-hydrogen) atoms. The van der Waals surface area contributed by atoms with E-state index in [2.05, 4.69) is 0 Å². The predicted molar refractivity (Wildman–Crippen MR) is 141 cm³/mol. The number of benzene rings is 2. The molecular weight excluding hydrogens is 492 g/mol. The molecule has 1 aliphatic rings. The number of phenols is 1. The van der Waals surface area contributed by atoms with E-state index in [1.807, 2.05) is 0 Å². The van der Waals surface area contributed by atoms with Gasteiger partial charge < -0.3 is 34.3 Å². The average molecular weight is 525 g/mol. The van der Waals surface area contributed by atoms with Crippen LogP contribution in [0.4, 0.5) is 0 Å². The van der Waals surface area contributed by atoms with E-state index in [0.29, 0.717) is 16.7 Å². The van der Waals surface area contributed by atoms with E-state index < -0.39 is 23.0 Å². The van der Waals surface area contributed by atoms with Crippen molar-refractivity contribution in [2.24, 2.45) is 5.41 Å². The van der Waals surface area contributed by atoms with E-state index in [-0.39, 0.29) is 42.8 Å². The molecule has 1 aliphatic heterocycles. The van der Waals surface area contributed by atoms with Crippen molar-refractivity contribution in [3.63, 3.8) is 0 Å². The fraction of sp³-hybridized carbons (Fsp3) is 0.310. The first-order valence-corrected chi connectivity index (χ1v) is 11.9. The Bertz CT molecular complexity index is 1260. The molecule has 0 aromatic heterocycles. The maximum absolute atomic E-state index is 12.8. The minimum absolute atomic E-state index is 0.0129. The van der Waals surface area contributed by atoms with Crippen LogP contribution in [0.25, 0.3) is 12.2 Å². The molecule has 0 bridgehead atoms. The van der Waals surface area contributed by atoms with E-state index in [4.69, 9.17) is 18.9 Å². The van der Waals surface area contributed by atoms with Gasteiger partial charge in [0.15, 0.2) is 23.1 Å². The number of hydrogen-bond acceptors (Lipinski definition) is 9. The van der Waals surface area contributed by atoms with Crippen LogP contribution in [0.15, 0.2) is 60.4 Å². The highest BCUT2D eigenvalue weighted by molar-refractivity contribution is 6.02. The van der Waals surface area contributed by atoms with Crippen LogP contribution in [0.1, 0.15) is 37.5 Å². The van der Waals surface area contributed by atoms with Gasteiger partial charge in [0.25, 0.3) is 0 Å². The van der Waals surface area contributed by atoms with Crippen molar-refractivity contribution in [2.45, 2.75) is 33.2 Å². The lowest BCUT2D eigenvalue weighted by Gasteiger charge is -2.39. The molecule has 0 aliphatic carbocycles. The number of aliphatic hydroxyl groups excluding tert-OH is 2. The Hall–Kier alpha value is -3.92. The van der Waals surface area contributed by atoms with Gasteiger partial charge in [0.05, 0.1) is 26.9 Å². The highest BCUT2D eigenvalue weighted by atomic mass is 16.7. The SMILES string of the molecule is COc1cc(/C=C/C(=O)C=C(O)/C=C/c2ccc(OC(=O)C3(C)COC(C)(C)OC3)c(CO)c2)ccc1O. The zero-order valence-electron chi connectivity index (χ0n) is 21.8. The Kier molecular flexibility index (Phi) is 9.11. The molecule has 2 aromatic rings. The Morgan fingerprint density at radius 3 is 2.26 bits per heavy atom. The molecule has 0 unspecified atom stereocenters. The molecule has 0 radical (unpaired) electrons. The summed E-state index contributed by atoms with van der Waals surface area (Å²) in [5.74, 6) is -1.58. The number of carbonyl (C=O) groups is 2. The van der Waals surface area contributed by atoms with Crippen LogP contribution in [-0.4, -0.2) is 53.2 Å². The van der Waals surface area contributed by atoms with Gasteiger partial charge >= 0.3 is 5.97 Å². The van der Waals surface area contributed by atoms with Crippen molar-refractivity contribution in [2.75, 3.05) is 20.3 Å². The van der Waals surface area contributed by atoms with Gasteiger partial charge in [0.1, 0.15) is 16.9 Å². The molecule has 3 N–H and O–H groups in total. The summed E-state index contributed by atoms with van der Waals surface area (Å²) < 4.78 is 21.8. The molecule has 1 fully saturated rings. The molecule has 0 spiro atoms. The zero-order valence-corrected chi connectivity index (χ0v) is 21.8. The summed E-state index contributed by atoms with van der Waals surface area (Å²) in [4.78, 5) is 25.0. The van der Waals surface area contributed by atoms with E-state index in [1.165, 1.54) is 31.4 Å². The molecule has 0 saturated carbocycles. The van der Waals surface area contributed by atoms with Crippen molar-refractivity contribution in [1.29, 1.82) is 0 Å². The topological polar surface area (TPSA) is 132 Å². The quantitative estimate of drug-likeness (QED) is 0.144. The molecule has 9 heteroatoms. The van der Waals surface area contributed by atoms with Gasteiger partial charge in [-0.3, -0.25) is 9.59 Å². The summed E-state index contributed by atoms with van der Waals surface area (Å²) in [6.45, 7) is 5.11. The predicted octanol–water partition coefficient (Wildman–Crippen LogP) is 4.33. The summed E-state index contributed by atoms with van der Waals surface area (Å²) in [6.07, 6.45) is 6.72. The van der Waals surface area contributed by atoms with Crippen LogP contribution < -0.4 is 9.47 Å². The number of rotatable bonds is 9. The highest BCUT2D eigenvalue weighted by Crippen LogP contribution is 2.32. The smallest absolute Gasteiger partial charge is 0.321 e. The third-order valence-corrected chi connectivity index (χ3v) is 5.81. The van der Waals surface area contributed by atoms with Gasteiger partial charge in [-0.05, 0) is 68.3 Å². The Morgan fingerprint density at radius 1 is 0.974 bits per heavy atom. The van der Waals surface area contributed by atoms with Crippen LogP contribution in [0.2, 0.25) is 0 Å². The Balaban J connectivity index is 1.64. The standard InChI is InChI=1S/C29H32O9/c1-28(2)36-17-29(3,18-37-28)27(34)38-25-12-8-19(13-21(25)16-30)5-9-22(31)15-23(32)10-6-20-7-11-24(33)26(14-20)35-4/h5-15,30-31,33H,16-18H2,1-4H3/b9-5+,10-6+,22-15?. The fourth-order valence-electron chi connectivity index (χ4n) is 3.42. The number of aliphatic hydroxyl groups is 2. The maximum Gasteiger partial charge on any atom is 0.321 e. The first-order chi connectivity index (χ1) is 17.9. The molecule has 1 heterocycles. The highest BCUT2D eigenvalue weighted by Gasteiger charge is 2.43. The molecule has 1 saturated heterocycles. The van der Waals surface area contributed by atoms with Gasteiger partial charge in [0.2, 0.25) is 0 Å². The second kappa shape index (κ2) is 12.1. The summed E-state index contributed by atoms with van der Waals surface area (Å²) in [5.41, 5.74) is 0.613. The van der Waals surface area contributed by atoms with E-state index in [9.17, 15) is 24.9 Å². The Morgan fingerprint density at radius 2 is 1.61 bits per heavy atom. The average Bonchev–Trinajstić information content (AvgIpc) is 2.89. The summed E-state index contributed by atoms with van der Waals surface area (Å²) >= 11 is 0. The molecule has 0 amide bonds. The van der Waals surface area contributed by atoms with E-state index in [1.54, 1.807) is 57.2 Å². The normalized spacial score (nSPS) is 17.0. The molecule has 2 aromatic carbocycles. The second-order valence-electron chi connectivity index (χ2n) is 9.52. The first-order valence-electron chi connectivity index (χ1n) is 11.9. The number of ketones is 1. The lowest BCUT2D eigenvalue weighted by Crippen LogP contribution is -2.50.